The van der Waals surface area contributed by atoms with E-state index in [-0.39, 0.29) is 5.56 Å². The van der Waals surface area contributed by atoms with Crippen LogP contribution in [-0.4, -0.2) is 11.4 Å². The second-order valence-corrected chi connectivity index (χ2v) is 2.87. The van der Waals surface area contributed by atoms with Crippen molar-refractivity contribution in [3.63, 3.8) is 0 Å². The Labute approximate surface area is 78.7 Å². The summed E-state index contributed by atoms with van der Waals surface area (Å²) in [6, 6.07) is 3.45. The van der Waals surface area contributed by atoms with Gasteiger partial charge in [-0.3, -0.25) is 0 Å². The van der Waals surface area contributed by atoms with Crippen LogP contribution < -0.4 is 0 Å². The van der Waals surface area contributed by atoms with Crippen molar-refractivity contribution in [2.45, 2.75) is 13.1 Å². The van der Waals surface area contributed by atoms with Crippen molar-refractivity contribution in [2.24, 2.45) is 5.16 Å². The Hall–Kier alpha value is -1.52. The molecule has 0 bridgehead atoms. The topological polar surface area (TPSA) is 32.6 Å². The van der Waals surface area contributed by atoms with Crippen molar-refractivity contribution >= 4 is 6.21 Å². The average Bonchev–Trinajstić information content (AvgIpc) is 2.02. The molecule has 0 aliphatic carbocycles. The molecule has 0 saturated carbocycles. The van der Waals surface area contributed by atoms with E-state index in [4.69, 9.17) is 5.21 Å². The predicted molar refractivity (Wildman–Crippen MR) is 45.6 cm³/mol. The monoisotopic (exact) mass is 203 g/mol. The number of alkyl halides is 3. The highest BCUT2D eigenvalue weighted by Gasteiger charge is 2.30. The molecule has 0 spiro atoms. The molecule has 1 rings (SSSR count). The summed E-state index contributed by atoms with van der Waals surface area (Å²) in [6.07, 6.45) is -3.41. The van der Waals surface area contributed by atoms with Gasteiger partial charge in [0, 0.05) is 0 Å². The highest BCUT2D eigenvalue weighted by Crippen LogP contribution is 2.30. The predicted octanol–water partition coefficient (Wildman–Crippen LogP) is 2.82. The molecule has 0 fully saturated rings. The minimum atomic E-state index is -4.37. The Bertz CT molecular complexity index is 358. The molecule has 76 valence electrons. The summed E-state index contributed by atoms with van der Waals surface area (Å²) in [4.78, 5) is 0. The van der Waals surface area contributed by atoms with Gasteiger partial charge >= 0.3 is 6.18 Å². The number of oxime groups is 1. The van der Waals surface area contributed by atoms with Crippen LogP contribution >= 0.6 is 0 Å². The van der Waals surface area contributed by atoms with E-state index in [1.165, 1.54) is 6.07 Å². The standard InChI is InChI=1S/C9H8F3NO/c1-6-2-7(5-13-14)4-8(3-6)9(10,11)12/h2-5,14H,1H3/b13-5-. The minimum absolute atomic E-state index is 0.222. The van der Waals surface area contributed by atoms with Gasteiger partial charge in [0.1, 0.15) is 0 Å². The molecule has 0 radical (unpaired) electrons. The number of aryl methyl sites for hydroxylation is 1. The number of halogens is 3. The van der Waals surface area contributed by atoms with Crippen LogP contribution in [0.2, 0.25) is 0 Å². The van der Waals surface area contributed by atoms with Crippen LogP contribution in [0.1, 0.15) is 16.7 Å². The van der Waals surface area contributed by atoms with Gasteiger partial charge in [-0.15, -0.1) is 0 Å². The lowest BCUT2D eigenvalue weighted by molar-refractivity contribution is -0.137. The zero-order valence-electron chi connectivity index (χ0n) is 7.34. The summed E-state index contributed by atoms with van der Waals surface area (Å²) in [5.41, 5.74) is -0.0537. The molecule has 1 aromatic rings. The number of benzene rings is 1. The van der Waals surface area contributed by atoms with Crippen molar-refractivity contribution in [3.8, 4) is 0 Å². The normalized spacial score (nSPS) is 12.3. The van der Waals surface area contributed by atoms with E-state index in [9.17, 15) is 13.2 Å². The maximum atomic E-state index is 12.3. The summed E-state index contributed by atoms with van der Waals surface area (Å²) in [7, 11) is 0. The van der Waals surface area contributed by atoms with Crippen molar-refractivity contribution in [3.05, 3.63) is 34.9 Å². The highest BCUT2D eigenvalue weighted by atomic mass is 19.4. The van der Waals surface area contributed by atoms with E-state index >= 15 is 0 Å². The van der Waals surface area contributed by atoms with E-state index in [1.54, 1.807) is 6.92 Å². The lowest BCUT2D eigenvalue weighted by Crippen LogP contribution is -2.06. The summed E-state index contributed by atoms with van der Waals surface area (Å²) in [5, 5.41) is 10.9. The third-order valence-corrected chi connectivity index (χ3v) is 1.63. The Kier molecular flexibility index (Phi) is 2.78. The molecule has 0 saturated heterocycles. The first-order valence-corrected chi connectivity index (χ1v) is 3.80. The average molecular weight is 203 g/mol. The SMILES string of the molecule is Cc1cc(/C=N\O)cc(C(F)(F)F)c1. The molecule has 5 heteroatoms. The van der Waals surface area contributed by atoms with Crippen LogP contribution in [0.3, 0.4) is 0 Å². The molecule has 0 aromatic heterocycles. The van der Waals surface area contributed by atoms with Gasteiger partial charge in [0.05, 0.1) is 11.8 Å². The summed E-state index contributed by atoms with van der Waals surface area (Å²) < 4.78 is 36.8. The van der Waals surface area contributed by atoms with Crippen molar-refractivity contribution in [1.29, 1.82) is 0 Å². The molecule has 0 aliphatic heterocycles. The maximum absolute atomic E-state index is 12.3. The molecule has 0 atom stereocenters. The molecule has 0 heterocycles. The molecule has 0 aliphatic rings. The largest absolute Gasteiger partial charge is 0.416 e. The van der Waals surface area contributed by atoms with Gasteiger partial charge in [-0.2, -0.15) is 13.2 Å². The van der Waals surface area contributed by atoms with Crippen molar-refractivity contribution < 1.29 is 18.4 Å². The summed E-state index contributed by atoms with van der Waals surface area (Å²) >= 11 is 0. The molecule has 0 amide bonds. The Balaban J connectivity index is 3.20. The third-order valence-electron chi connectivity index (χ3n) is 1.63. The molecule has 1 aromatic carbocycles. The molecular formula is C9H8F3NO. The van der Waals surface area contributed by atoms with Crippen LogP contribution in [0.25, 0.3) is 0 Å². The fourth-order valence-electron chi connectivity index (χ4n) is 1.12. The van der Waals surface area contributed by atoms with Gasteiger partial charge in [0.25, 0.3) is 0 Å². The van der Waals surface area contributed by atoms with Crippen LogP contribution in [-0.2, 0) is 6.18 Å². The van der Waals surface area contributed by atoms with E-state index in [1.807, 2.05) is 0 Å². The molecule has 14 heavy (non-hydrogen) atoms. The van der Waals surface area contributed by atoms with E-state index in [0.717, 1.165) is 18.3 Å². The first-order chi connectivity index (χ1) is 6.43. The molecule has 1 N–H and O–H groups in total. The first kappa shape index (κ1) is 10.6. The zero-order valence-corrected chi connectivity index (χ0v) is 7.34. The summed E-state index contributed by atoms with van der Waals surface area (Å²) in [6.45, 7) is 1.55. The van der Waals surface area contributed by atoms with Gasteiger partial charge in [0.15, 0.2) is 0 Å². The van der Waals surface area contributed by atoms with E-state index in [2.05, 4.69) is 5.16 Å². The number of rotatable bonds is 1. The first-order valence-electron chi connectivity index (χ1n) is 3.80. The smallest absolute Gasteiger partial charge is 0.411 e. The van der Waals surface area contributed by atoms with Crippen molar-refractivity contribution in [1.82, 2.24) is 0 Å². The van der Waals surface area contributed by atoms with Gasteiger partial charge in [-0.1, -0.05) is 11.2 Å². The lowest BCUT2D eigenvalue weighted by Gasteiger charge is -2.08. The highest BCUT2D eigenvalue weighted by molar-refractivity contribution is 5.79. The second kappa shape index (κ2) is 3.69. The number of hydrogen-bond acceptors (Lipinski definition) is 2. The zero-order chi connectivity index (χ0) is 10.8. The quantitative estimate of drug-likeness (QED) is 0.425. The fraction of sp³-hybridized carbons (Fsp3) is 0.222. The van der Waals surface area contributed by atoms with E-state index in [0.29, 0.717) is 5.56 Å². The molecule has 2 nitrogen and oxygen atoms in total. The van der Waals surface area contributed by atoms with E-state index < -0.39 is 11.7 Å². The van der Waals surface area contributed by atoms with Crippen LogP contribution in [0.4, 0.5) is 13.2 Å². The third kappa shape index (κ3) is 2.48. The summed E-state index contributed by atoms with van der Waals surface area (Å²) in [5.74, 6) is 0. The Morgan fingerprint density at radius 3 is 2.43 bits per heavy atom. The number of hydrogen-bond donors (Lipinski definition) is 1. The molecular weight excluding hydrogens is 195 g/mol. The minimum Gasteiger partial charge on any atom is -0.411 e. The van der Waals surface area contributed by atoms with Gasteiger partial charge in [0.2, 0.25) is 0 Å². The van der Waals surface area contributed by atoms with Gasteiger partial charge < -0.3 is 5.21 Å². The molecule has 0 unspecified atom stereocenters. The Morgan fingerprint density at radius 2 is 1.93 bits per heavy atom. The fourth-order valence-corrected chi connectivity index (χ4v) is 1.12. The van der Waals surface area contributed by atoms with Crippen LogP contribution in [0, 0.1) is 6.92 Å². The second-order valence-electron chi connectivity index (χ2n) is 2.87. The lowest BCUT2D eigenvalue weighted by atomic mass is 10.1. The Morgan fingerprint density at radius 1 is 1.29 bits per heavy atom. The van der Waals surface area contributed by atoms with Crippen molar-refractivity contribution in [2.75, 3.05) is 0 Å². The maximum Gasteiger partial charge on any atom is 0.416 e. The van der Waals surface area contributed by atoms with Crippen LogP contribution in [0.5, 0.6) is 0 Å². The number of nitrogens with zero attached hydrogens (tertiary/aromatic N) is 1. The van der Waals surface area contributed by atoms with Crippen LogP contribution in [0.15, 0.2) is 23.4 Å². The van der Waals surface area contributed by atoms with Gasteiger partial charge in [-0.25, -0.2) is 0 Å². The van der Waals surface area contributed by atoms with Gasteiger partial charge in [-0.05, 0) is 30.2 Å².